The minimum atomic E-state index is -0.462. The van der Waals surface area contributed by atoms with Gasteiger partial charge in [-0.05, 0) is 42.5 Å². The average Bonchev–Trinajstić information content (AvgIpc) is 2.56. The van der Waals surface area contributed by atoms with Crippen LogP contribution in [0, 0.1) is 18.2 Å². The van der Waals surface area contributed by atoms with E-state index < -0.39 is 5.82 Å². The quantitative estimate of drug-likeness (QED) is 0.803. The first-order valence-electron chi connectivity index (χ1n) is 8.78. The molecule has 3 heterocycles. The summed E-state index contributed by atoms with van der Waals surface area (Å²) in [5.74, 6) is -0.539. The van der Waals surface area contributed by atoms with Gasteiger partial charge in [0.25, 0.3) is 0 Å². The van der Waals surface area contributed by atoms with Gasteiger partial charge in [-0.3, -0.25) is 9.78 Å². The number of rotatable bonds is 5. The van der Waals surface area contributed by atoms with Crippen LogP contribution >= 0.6 is 0 Å². The fourth-order valence-corrected chi connectivity index (χ4v) is 4.19. The first-order valence-corrected chi connectivity index (χ1v) is 8.78. The van der Waals surface area contributed by atoms with Gasteiger partial charge < -0.3 is 16.0 Å². The normalized spacial score (nSPS) is 18.3. The lowest BCUT2D eigenvalue weighted by Crippen LogP contribution is -2.64. The van der Waals surface area contributed by atoms with Crippen molar-refractivity contribution in [2.75, 3.05) is 24.1 Å². The Labute approximate surface area is 151 Å². The minimum Gasteiger partial charge on any atom is -0.381 e. The molecule has 0 bridgehead atoms. The number of nitrogens with two attached hydrogens (primary N) is 1. The molecule has 2 aromatic heterocycles. The van der Waals surface area contributed by atoms with Gasteiger partial charge >= 0.3 is 0 Å². The maximum Gasteiger partial charge on any atom is 0.209 e. The fourth-order valence-electron chi connectivity index (χ4n) is 4.19. The maximum absolute atomic E-state index is 14.1. The van der Waals surface area contributed by atoms with Gasteiger partial charge in [-0.15, -0.1) is 0 Å². The lowest BCUT2D eigenvalue weighted by atomic mass is 9.61. The molecule has 1 aliphatic heterocycles. The Morgan fingerprint density at radius 1 is 1.38 bits per heavy atom. The highest BCUT2D eigenvalue weighted by Gasteiger charge is 2.52. The van der Waals surface area contributed by atoms with Crippen LogP contribution < -0.4 is 11.1 Å². The van der Waals surface area contributed by atoms with E-state index in [2.05, 4.69) is 15.3 Å². The second-order valence-electron chi connectivity index (χ2n) is 7.58. The second kappa shape index (κ2) is 6.23. The van der Waals surface area contributed by atoms with E-state index in [0.717, 1.165) is 49.2 Å². The van der Waals surface area contributed by atoms with Crippen molar-refractivity contribution in [3.63, 3.8) is 0 Å². The molecule has 6 nitrogen and oxygen atoms in total. The number of nitrogens with one attached hydrogen (secondary N) is 1. The van der Waals surface area contributed by atoms with Crippen LogP contribution in [0.3, 0.4) is 0 Å². The molecule has 0 aromatic carbocycles. The van der Waals surface area contributed by atoms with Crippen molar-refractivity contribution in [3.8, 4) is 0 Å². The highest BCUT2D eigenvalue weighted by atomic mass is 19.1. The van der Waals surface area contributed by atoms with E-state index in [0.29, 0.717) is 23.4 Å². The zero-order chi connectivity index (χ0) is 18.3. The smallest absolute Gasteiger partial charge is 0.209 e. The molecular weight excluding hydrogens is 333 g/mol. The molecule has 4 rings (SSSR count). The summed E-state index contributed by atoms with van der Waals surface area (Å²) in [5.41, 5.74) is 9.41. The topological polar surface area (TPSA) is 84.1 Å². The van der Waals surface area contributed by atoms with E-state index in [4.69, 9.17) is 5.73 Å². The molecule has 2 fully saturated rings. The SMILES string of the molecule is Cc1c(Cc2ccnc(N)c2F)cncc1NC1CC2(C1)CN(C=O)C2. The first-order chi connectivity index (χ1) is 12.5. The first kappa shape index (κ1) is 16.8. The van der Waals surface area contributed by atoms with Crippen molar-refractivity contribution in [2.24, 2.45) is 5.41 Å². The van der Waals surface area contributed by atoms with Crippen LogP contribution in [-0.4, -0.2) is 40.4 Å². The standard InChI is InChI=1S/C19H22FN5O/c1-12-14(4-13-2-3-23-18(21)17(13)20)7-22-8-16(12)24-15-5-19(6-15)9-25(10-19)11-26/h2-3,7-8,11,15,24H,4-6,9-10H2,1H3,(H2,21,23). The number of carbonyl (C=O) groups excluding carboxylic acids is 1. The Bertz CT molecular complexity index is 842. The second-order valence-corrected chi connectivity index (χ2v) is 7.58. The third kappa shape index (κ3) is 2.87. The Morgan fingerprint density at radius 2 is 2.15 bits per heavy atom. The predicted molar refractivity (Wildman–Crippen MR) is 97.1 cm³/mol. The average molecular weight is 355 g/mol. The van der Waals surface area contributed by atoms with Gasteiger partial charge in [0.05, 0.1) is 11.9 Å². The Kier molecular flexibility index (Phi) is 4.01. The maximum atomic E-state index is 14.1. The summed E-state index contributed by atoms with van der Waals surface area (Å²) >= 11 is 0. The number of amides is 1. The molecule has 26 heavy (non-hydrogen) atoms. The molecule has 3 N–H and O–H groups in total. The molecule has 2 aliphatic rings. The molecule has 1 spiro atoms. The largest absolute Gasteiger partial charge is 0.381 e. The molecule has 1 aliphatic carbocycles. The summed E-state index contributed by atoms with van der Waals surface area (Å²) in [4.78, 5) is 20.6. The zero-order valence-electron chi connectivity index (χ0n) is 14.7. The number of pyridine rings is 2. The van der Waals surface area contributed by atoms with E-state index in [1.165, 1.54) is 6.20 Å². The summed E-state index contributed by atoms with van der Waals surface area (Å²) in [6.07, 6.45) is 8.59. The number of hydrogen-bond acceptors (Lipinski definition) is 5. The molecule has 0 unspecified atom stereocenters. The summed E-state index contributed by atoms with van der Waals surface area (Å²) in [5, 5.41) is 3.55. The van der Waals surface area contributed by atoms with Gasteiger partial charge in [-0.2, -0.15) is 0 Å². The van der Waals surface area contributed by atoms with E-state index in [1.54, 1.807) is 12.3 Å². The summed E-state index contributed by atoms with van der Waals surface area (Å²) in [6.45, 7) is 3.76. The van der Waals surface area contributed by atoms with Gasteiger partial charge in [0.15, 0.2) is 11.6 Å². The van der Waals surface area contributed by atoms with Crippen molar-refractivity contribution in [2.45, 2.75) is 32.2 Å². The third-order valence-corrected chi connectivity index (χ3v) is 5.64. The zero-order valence-corrected chi connectivity index (χ0v) is 14.7. The molecule has 0 atom stereocenters. The molecular formula is C19H22FN5O. The lowest BCUT2D eigenvalue weighted by Gasteiger charge is -2.58. The number of halogens is 1. The molecule has 2 aromatic rings. The van der Waals surface area contributed by atoms with Crippen LogP contribution in [0.2, 0.25) is 0 Å². The van der Waals surface area contributed by atoms with Crippen LogP contribution in [0.1, 0.15) is 29.5 Å². The van der Waals surface area contributed by atoms with Crippen molar-refractivity contribution >= 4 is 17.9 Å². The fraction of sp³-hybridized carbons (Fsp3) is 0.421. The van der Waals surface area contributed by atoms with Crippen LogP contribution in [0.5, 0.6) is 0 Å². The van der Waals surface area contributed by atoms with Gasteiger partial charge in [-0.1, -0.05) is 0 Å². The van der Waals surface area contributed by atoms with Gasteiger partial charge in [0, 0.05) is 43.4 Å². The van der Waals surface area contributed by atoms with Gasteiger partial charge in [0.2, 0.25) is 6.41 Å². The van der Waals surface area contributed by atoms with Crippen molar-refractivity contribution in [3.05, 3.63) is 47.2 Å². The summed E-state index contributed by atoms with van der Waals surface area (Å²) in [6, 6.07) is 2.05. The van der Waals surface area contributed by atoms with E-state index in [-0.39, 0.29) is 5.82 Å². The Balaban J connectivity index is 1.44. The monoisotopic (exact) mass is 355 g/mol. The predicted octanol–water partition coefficient (Wildman–Crippen LogP) is 2.13. The van der Waals surface area contributed by atoms with Crippen molar-refractivity contribution in [1.29, 1.82) is 0 Å². The Hall–Kier alpha value is -2.70. The number of likely N-dealkylation sites (tertiary alicyclic amines) is 1. The van der Waals surface area contributed by atoms with E-state index >= 15 is 0 Å². The van der Waals surface area contributed by atoms with Gasteiger partial charge in [0.1, 0.15) is 0 Å². The van der Waals surface area contributed by atoms with Crippen molar-refractivity contribution < 1.29 is 9.18 Å². The minimum absolute atomic E-state index is 0.0768. The molecule has 1 saturated heterocycles. The number of nitrogens with zero attached hydrogens (tertiary/aromatic N) is 3. The van der Waals surface area contributed by atoms with Crippen LogP contribution in [0.15, 0.2) is 24.7 Å². The Morgan fingerprint density at radius 3 is 2.88 bits per heavy atom. The van der Waals surface area contributed by atoms with Crippen molar-refractivity contribution in [1.82, 2.24) is 14.9 Å². The number of anilines is 2. The molecule has 0 radical (unpaired) electrons. The molecule has 1 amide bonds. The van der Waals surface area contributed by atoms with E-state index in [9.17, 15) is 9.18 Å². The highest BCUT2D eigenvalue weighted by Crippen LogP contribution is 2.48. The van der Waals surface area contributed by atoms with Crippen LogP contribution in [0.4, 0.5) is 15.9 Å². The summed E-state index contributed by atoms with van der Waals surface area (Å²) < 4.78 is 14.1. The molecule has 136 valence electrons. The van der Waals surface area contributed by atoms with Gasteiger partial charge in [-0.25, -0.2) is 9.37 Å². The third-order valence-electron chi connectivity index (χ3n) is 5.64. The van der Waals surface area contributed by atoms with Crippen LogP contribution in [-0.2, 0) is 11.2 Å². The van der Waals surface area contributed by atoms with Crippen LogP contribution in [0.25, 0.3) is 0 Å². The molecule has 7 heteroatoms. The highest BCUT2D eigenvalue weighted by molar-refractivity contribution is 5.55. The van der Waals surface area contributed by atoms with E-state index in [1.807, 2.05) is 18.0 Å². The summed E-state index contributed by atoms with van der Waals surface area (Å²) in [7, 11) is 0. The lowest BCUT2D eigenvalue weighted by molar-refractivity contribution is -0.136. The number of hydrogen-bond donors (Lipinski definition) is 2. The number of nitrogen functional groups attached to an aromatic ring is 1. The molecule has 1 saturated carbocycles. The number of aromatic nitrogens is 2. The number of carbonyl (C=O) groups is 1.